The van der Waals surface area contributed by atoms with Crippen LogP contribution in [0.2, 0.25) is 0 Å². The molecule has 27 heavy (non-hydrogen) atoms. The van der Waals surface area contributed by atoms with Crippen LogP contribution in [0.4, 0.5) is 4.79 Å². The molecule has 0 radical (unpaired) electrons. The molecule has 144 valence electrons. The third kappa shape index (κ3) is 5.47. The molecule has 1 aromatic heterocycles. The highest BCUT2D eigenvalue weighted by atomic mass is 32.1. The molecule has 0 spiro atoms. The van der Waals surface area contributed by atoms with Gasteiger partial charge >= 0.3 is 6.09 Å². The molecule has 0 saturated carbocycles. The van der Waals surface area contributed by atoms with E-state index in [1.165, 1.54) is 17.0 Å². The Hall–Kier alpha value is -2.54. The monoisotopic (exact) mass is 388 g/mol. The molecular formula is C20H24N2O4S. The molecule has 2 amide bonds. The molecule has 2 aromatic rings. The number of carbonyl (C=O) groups is 2. The number of piperidine rings is 1. The molecule has 3 rings (SSSR count). The summed E-state index contributed by atoms with van der Waals surface area (Å²) in [6.45, 7) is 4.21. The first-order valence-corrected chi connectivity index (χ1v) is 9.87. The zero-order valence-electron chi connectivity index (χ0n) is 15.3. The molecule has 1 aliphatic heterocycles. The molecule has 7 heteroatoms. The van der Waals surface area contributed by atoms with Crippen LogP contribution in [0.15, 0.2) is 36.4 Å². The Labute approximate surface area is 162 Å². The predicted octanol–water partition coefficient (Wildman–Crippen LogP) is 3.54. The minimum atomic E-state index is -0.271. The normalized spacial score (nSPS) is 14.8. The molecule has 1 saturated heterocycles. The summed E-state index contributed by atoms with van der Waals surface area (Å²) in [6, 6.07) is 10.2. The Morgan fingerprint density at radius 2 is 1.89 bits per heavy atom. The van der Waals surface area contributed by atoms with Crippen molar-refractivity contribution in [1.29, 1.82) is 0 Å². The maximum Gasteiger partial charge on any atom is 0.410 e. The number of nitrogens with zero attached hydrogens (tertiary/aromatic N) is 1. The van der Waals surface area contributed by atoms with E-state index in [0.29, 0.717) is 37.7 Å². The van der Waals surface area contributed by atoms with Crippen LogP contribution < -0.4 is 5.32 Å². The van der Waals surface area contributed by atoms with Crippen LogP contribution in [-0.4, -0.2) is 41.6 Å². The molecule has 1 fully saturated rings. The van der Waals surface area contributed by atoms with Gasteiger partial charge in [0, 0.05) is 35.0 Å². The highest BCUT2D eigenvalue weighted by Crippen LogP contribution is 2.19. The van der Waals surface area contributed by atoms with Crippen molar-refractivity contribution in [2.45, 2.75) is 26.4 Å². The first kappa shape index (κ1) is 19.2. The summed E-state index contributed by atoms with van der Waals surface area (Å²) >= 11 is 1.64. The number of thiophene rings is 1. The van der Waals surface area contributed by atoms with Crippen molar-refractivity contribution in [1.82, 2.24) is 10.2 Å². The fourth-order valence-corrected chi connectivity index (χ4v) is 3.86. The van der Waals surface area contributed by atoms with Crippen molar-refractivity contribution in [3.05, 3.63) is 51.7 Å². The van der Waals surface area contributed by atoms with Gasteiger partial charge in [0.1, 0.15) is 12.4 Å². The Kier molecular flexibility index (Phi) is 6.34. The van der Waals surface area contributed by atoms with Crippen LogP contribution in [-0.2, 0) is 11.3 Å². The number of aromatic hydroxyl groups is 1. The van der Waals surface area contributed by atoms with E-state index in [1.807, 2.05) is 19.1 Å². The van der Waals surface area contributed by atoms with Gasteiger partial charge in [0.05, 0.1) is 0 Å². The number of likely N-dealkylation sites (tertiary alicyclic amines) is 1. The van der Waals surface area contributed by atoms with E-state index in [1.54, 1.807) is 28.4 Å². The Balaban J connectivity index is 1.37. The van der Waals surface area contributed by atoms with Gasteiger partial charge in [-0.3, -0.25) is 4.79 Å². The predicted molar refractivity (Wildman–Crippen MR) is 104 cm³/mol. The van der Waals surface area contributed by atoms with Crippen molar-refractivity contribution in [2.24, 2.45) is 5.92 Å². The third-order valence-corrected chi connectivity index (χ3v) is 5.66. The van der Waals surface area contributed by atoms with Gasteiger partial charge in [-0.2, -0.15) is 0 Å². The van der Waals surface area contributed by atoms with Crippen LogP contribution in [0.25, 0.3) is 0 Å². The van der Waals surface area contributed by atoms with E-state index < -0.39 is 0 Å². The zero-order valence-corrected chi connectivity index (χ0v) is 16.1. The van der Waals surface area contributed by atoms with E-state index in [9.17, 15) is 14.7 Å². The second-order valence-electron chi connectivity index (χ2n) is 6.75. The standard InChI is InChI=1S/C20H24N2O4S/c1-14-2-7-18(27-14)13-26-20(25)22-10-8-15(9-11-22)12-21-19(24)16-3-5-17(23)6-4-16/h2-7,15,23H,8-13H2,1H3,(H,21,24). The lowest BCUT2D eigenvalue weighted by Crippen LogP contribution is -2.41. The number of phenolic OH excluding ortho intramolecular Hbond substituents is 1. The van der Waals surface area contributed by atoms with Gasteiger partial charge in [-0.15, -0.1) is 11.3 Å². The molecule has 0 aliphatic carbocycles. The minimum absolute atomic E-state index is 0.139. The zero-order chi connectivity index (χ0) is 19.2. The van der Waals surface area contributed by atoms with Crippen LogP contribution in [0, 0.1) is 12.8 Å². The lowest BCUT2D eigenvalue weighted by molar-refractivity contribution is 0.0807. The number of benzene rings is 1. The fourth-order valence-electron chi connectivity index (χ4n) is 3.06. The summed E-state index contributed by atoms with van der Waals surface area (Å²) in [5.41, 5.74) is 0.526. The molecule has 6 nitrogen and oxygen atoms in total. The Morgan fingerprint density at radius 3 is 2.52 bits per heavy atom. The van der Waals surface area contributed by atoms with E-state index >= 15 is 0 Å². The van der Waals surface area contributed by atoms with Gasteiger partial charge in [-0.1, -0.05) is 0 Å². The van der Waals surface area contributed by atoms with Gasteiger partial charge in [0.25, 0.3) is 5.91 Å². The van der Waals surface area contributed by atoms with Crippen molar-refractivity contribution in [3.8, 4) is 5.75 Å². The largest absolute Gasteiger partial charge is 0.508 e. The average Bonchev–Trinajstić information content (AvgIpc) is 3.10. The number of carbonyl (C=O) groups excluding carboxylic acids is 2. The average molecular weight is 388 g/mol. The second kappa shape index (κ2) is 8.90. The number of ether oxygens (including phenoxy) is 1. The Bertz CT molecular complexity index is 780. The van der Waals surface area contributed by atoms with E-state index in [4.69, 9.17) is 4.74 Å². The van der Waals surface area contributed by atoms with E-state index in [-0.39, 0.29) is 17.7 Å². The highest BCUT2D eigenvalue weighted by molar-refractivity contribution is 7.11. The van der Waals surface area contributed by atoms with Crippen molar-refractivity contribution >= 4 is 23.3 Å². The highest BCUT2D eigenvalue weighted by Gasteiger charge is 2.24. The molecule has 2 N–H and O–H groups in total. The summed E-state index contributed by atoms with van der Waals surface area (Å²) in [7, 11) is 0. The molecule has 1 aliphatic rings. The quantitative estimate of drug-likeness (QED) is 0.821. The summed E-state index contributed by atoms with van der Waals surface area (Å²) in [5, 5.41) is 12.2. The summed E-state index contributed by atoms with van der Waals surface area (Å²) in [6.07, 6.45) is 1.40. The number of amides is 2. The van der Waals surface area contributed by atoms with Crippen LogP contribution in [0.1, 0.15) is 33.0 Å². The molecule has 2 heterocycles. The van der Waals surface area contributed by atoms with Gasteiger partial charge in [-0.05, 0) is 62.1 Å². The van der Waals surface area contributed by atoms with Gasteiger partial charge in [-0.25, -0.2) is 4.79 Å². The van der Waals surface area contributed by atoms with Crippen LogP contribution in [0.3, 0.4) is 0 Å². The van der Waals surface area contributed by atoms with Crippen molar-refractivity contribution in [2.75, 3.05) is 19.6 Å². The smallest absolute Gasteiger partial charge is 0.410 e. The SMILES string of the molecule is Cc1ccc(COC(=O)N2CCC(CNC(=O)c3ccc(O)cc3)CC2)s1. The number of phenols is 1. The van der Waals surface area contributed by atoms with Gasteiger partial charge in [0.15, 0.2) is 0 Å². The van der Waals surface area contributed by atoms with Gasteiger partial charge < -0.3 is 20.1 Å². The maximum atomic E-state index is 12.2. The second-order valence-corrected chi connectivity index (χ2v) is 8.13. The van der Waals surface area contributed by atoms with Crippen molar-refractivity contribution in [3.63, 3.8) is 0 Å². The molecule has 0 bridgehead atoms. The van der Waals surface area contributed by atoms with E-state index in [2.05, 4.69) is 5.32 Å². The van der Waals surface area contributed by atoms with Gasteiger partial charge in [0.2, 0.25) is 0 Å². The van der Waals surface area contributed by atoms with Crippen LogP contribution >= 0.6 is 11.3 Å². The molecule has 0 atom stereocenters. The first-order valence-electron chi connectivity index (χ1n) is 9.05. The number of aryl methyl sites for hydroxylation is 1. The minimum Gasteiger partial charge on any atom is -0.508 e. The number of hydrogen-bond donors (Lipinski definition) is 2. The summed E-state index contributed by atoms with van der Waals surface area (Å²) < 4.78 is 5.39. The molecular weight excluding hydrogens is 364 g/mol. The lowest BCUT2D eigenvalue weighted by Gasteiger charge is -2.31. The topological polar surface area (TPSA) is 78.9 Å². The van der Waals surface area contributed by atoms with E-state index in [0.717, 1.165) is 17.7 Å². The lowest BCUT2D eigenvalue weighted by atomic mass is 9.97. The number of hydrogen-bond acceptors (Lipinski definition) is 5. The van der Waals surface area contributed by atoms with Crippen LogP contribution in [0.5, 0.6) is 5.75 Å². The fraction of sp³-hybridized carbons (Fsp3) is 0.400. The number of rotatable bonds is 5. The third-order valence-electron chi connectivity index (χ3n) is 4.69. The summed E-state index contributed by atoms with van der Waals surface area (Å²) in [5.74, 6) is 0.332. The summed E-state index contributed by atoms with van der Waals surface area (Å²) in [4.78, 5) is 28.3. The number of nitrogens with one attached hydrogen (secondary N) is 1. The van der Waals surface area contributed by atoms with Crippen molar-refractivity contribution < 1.29 is 19.4 Å². The molecule has 0 unspecified atom stereocenters. The molecule has 1 aromatic carbocycles. The Morgan fingerprint density at radius 1 is 1.19 bits per heavy atom. The maximum absolute atomic E-state index is 12.2. The first-order chi connectivity index (χ1) is 13.0.